The Bertz CT molecular complexity index is 764. The maximum absolute atomic E-state index is 12.6. The number of amides is 4. The topological polar surface area (TPSA) is 81.8 Å². The largest absolute Gasteiger partial charge is 0.372 e. The zero-order valence-corrected chi connectivity index (χ0v) is 16.4. The third-order valence-corrected chi connectivity index (χ3v) is 6.31. The van der Waals surface area contributed by atoms with Crippen LogP contribution >= 0.6 is 0 Å². The van der Waals surface area contributed by atoms with Gasteiger partial charge in [0.05, 0.1) is 6.42 Å². The summed E-state index contributed by atoms with van der Waals surface area (Å²) < 4.78 is 0. The molecule has 1 aromatic rings. The summed E-state index contributed by atoms with van der Waals surface area (Å²) in [7, 11) is 0. The number of hydrogen-bond donors (Lipinski definition) is 2. The van der Waals surface area contributed by atoms with E-state index in [1.165, 1.54) is 24.1 Å². The number of rotatable bonds is 4. The van der Waals surface area contributed by atoms with E-state index in [1.807, 2.05) is 4.90 Å². The van der Waals surface area contributed by atoms with Crippen LogP contribution in [0.5, 0.6) is 0 Å². The zero-order valence-electron chi connectivity index (χ0n) is 16.4. The van der Waals surface area contributed by atoms with Crippen LogP contribution in [0.25, 0.3) is 0 Å². The van der Waals surface area contributed by atoms with Gasteiger partial charge in [-0.2, -0.15) is 0 Å². The number of nitrogens with one attached hydrogen (secondary N) is 2. The molecular weight excluding hydrogens is 356 g/mol. The van der Waals surface area contributed by atoms with Crippen LogP contribution in [0.3, 0.4) is 0 Å². The number of benzene rings is 1. The molecule has 0 aromatic heterocycles. The number of likely N-dealkylation sites (tertiary alicyclic amines) is 1. The van der Waals surface area contributed by atoms with Gasteiger partial charge in [0.1, 0.15) is 5.54 Å². The van der Waals surface area contributed by atoms with Crippen LogP contribution in [0.4, 0.5) is 10.5 Å². The number of carbonyl (C=O) groups excluding carboxylic acids is 3. The van der Waals surface area contributed by atoms with Gasteiger partial charge in [0.15, 0.2) is 0 Å². The summed E-state index contributed by atoms with van der Waals surface area (Å²) in [6.45, 7) is 5.26. The van der Waals surface area contributed by atoms with E-state index in [9.17, 15) is 14.4 Å². The lowest BCUT2D eigenvalue weighted by Crippen LogP contribution is -2.49. The molecule has 1 aromatic carbocycles. The molecule has 0 aliphatic carbocycles. The maximum atomic E-state index is 12.6. The van der Waals surface area contributed by atoms with Crippen LogP contribution in [0.2, 0.25) is 0 Å². The third kappa shape index (κ3) is 3.70. The van der Waals surface area contributed by atoms with Gasteiger partial charge in [-0.05, 0) is 56.2 Å². The van der Waals surface area contributed by atoms with Crippen molar-refractivity contribution in [1.82, 2.24) is 15.5 Å². The molecule has 2 N–H and O–H groups in total. The standard InChI is InChI=1S/C21H28N4O3/c1-21(19(27)22-20(28)23-21)14-18(26)25-12-8-16(9-13-25)15-4-6-17(7-5-15)24-10-2-3-11-24/h4-7,16H,2-3,8-14H2,1H3,(H2,22,23,27,28). The first-order valence-electron chi connectivity index (χ1n) is 10.2. The molecule has 0 saturated carbocycles. The minimum atomic E-state index is -1.14. The van der Waals surface area contributed by atoms with Gasteiger partial charge in [-0.1, -0.05) is 12.1 Å². The smallest absolute Gasteiger partial charge is 0.322 e. The second-order valence-electron chi connectivity index (χ2n) is 8.36. The van der Waals surface area contributed by atoms with Crippen molar-refractivity contribution >= 4 is 23.5 Å². The summed E-state index contributed by atoms with van der Waals surface area (Å²) in [6, 6.07) is 8.38. The molecule has 0 bridgehead atoms. The van der Waals surface area contributed by atoms with Crippen molar-refractivity contribution in [3.05, 3.63) is 29.8 Å². The fourth-order valence-electron chi connectivity index (χ4n) is 4.51. The Balaban J connectivity index is 1.31. The molecule has 0 spiro atoms. The highest BCUT2D eigenvalue weighted by Crippen LogP contribution is 2.31. The van der Waals surface area contributed by atoms with Crippen molar-refractivity contribution in [1.29, 1.82) is 0 Å². The maximum Gasteiger partial charge on any atom is 0.322 e. The second kappa shape index (κ2) is 7.45. The molecule has 150 valence electrons. The Hall–Kier alpha value is -2.57. The molecule has 1 unspecified atom stereocenters. The van der Waals surface area contributed by atoms with Crippen molar-refractivity contribution in [2.24, 2.45) is 0 Å². The highest BCUT2D eigenvalue weighted by molar-refractivity contribution is 6.08. The van der Waals surface area contributed by atoms with Gasteiger partial charge < -0.3 is 15.1 Å². The minimum Gasteiger partial charge on any atom is -0.372 e. The summed E-state index contributed by atoms with van der Waals surface area (Å²) in [5.41, 5.74) is 1.50. The molecule has 0 radical (unpaired) electrons. The molecule has 7 heteroatoms. The lowest BCUT2D eigenvalue weighted by molar-refractivity contribution is -0.137. The van der Waals surface area contributed by atoms with E-state index >= 15 is 0 Å². The van der Waals surface area contributed by atoms with E-state index in [0.717, 1.165) is 25.9 Å². The molecule has 28 heavy (non-hydrogen) atoms. The molecule has 3 fully saturated rings. The van der Waals surface area contributed by atoms with Crippen LogP contribution in [0.1, 0.15) is 50.5 Å². The summed E-state index contributed by atoms with van der Waals surface area (Å²) >= 11 is 0. The normalized spacial score (nSPS) is 25.8. The van der Waals surface area contributed by atoms with Crippen LogP contribution < -0.4 is 15.5 Å². The van der Waals surface area contributed by atoms with Gasteiger partial charge in [0.25, 0.3) is 5.91 Å². The van der Waals surface area contributed by atoms with E-state index in [2.05, 4.69) is 39.8 Å². The average molecular weight is 384 g/mol. The number of anilines is 1. The second-order valence-corrected chi connectivity index (χ2v) is 8.36. The molecule has 4 amide bonds. The molecule has 4 rings (SSSR count). The quantitative estimate of drug-likeness (QED) is 0.778. The van der Waals surface area contributed by atoms with E-state index in [1.54, 1.807) is 6.92 Å². The summed E-state index contributed by atoms with van der Waals surface area (Å²) in [4.78, 5) is 40.2. The van der Waals surface area contributed by atoms with Crippen molar-refractivity contribution in [3.63, 3.8) is 0 Å². The highest BCUT2D eigenvalue weighted by Gasteiger charge is 2.44. The lowest BCUT2D eigenvalue weighted by atomic mass is 9.88. The van der Waals surface area contributed by atoms with Crippen molar-refractivity contribution in [2.45, 2.75) is 50.5 Å². The summed E-state index contributed by atoms with van der Waals surface area (Å²) in [5, 5.41) is 4.77. The van der Waals surface area contributed by atoms with Gasteiger partial charge in [0.2, 0.25) is 5.91 Å². The fourth-order valence-corrected chi connectivity index (χ4v) is 4.51. The number of urea groups is 1. The average Bonchev–Trinajstić information content (AvgIpc) is 3.30. The van der Waals surface area contributed by atoms with Crippen molar-refractivity contribution in [3.8, 4) is 0 Å². The number of hydrogen-bond acceptors (Lipinski definition) is 4. The predicted molar refractivity (Wildman–Crippen MR) is 106 cm³/mol. The van der Waals surface area contributed by atoms with E-state index < -0.39 is 17.5 Å². The zero-order chi connectivity index (χ0) is 19.7. The first-order valence-corrected chi connectivity index (χ1v) is 10.2. The van der Waals surface area contributed by atoms with Gasteiger partial charge in [-0.15, -0.1) is 0 Å². The van der Waals surface area contributed by atoms with Gasteiger partial charge >= 0.3 is 6.03 Å². The molecule has 3 saturated heterocycles. The molecule has 1 atom stereocenters. The first-order chi connectivity index (χ1) is 13.4. The summed E-state index contributed by atoms with van der Waals surface area (Å²) in [6.07, 6.45) is 4.39. The monoisotopic (exact) mass is 384 g/mol. The Morgan fingerprint density at radius 3 is 2.29 bits per heavy atom. The Morgan fingerprint density at radius 1 is 1.07 bits per heavy atom. The van der Waals surface area contributed by atoms with Gasteiger partial charge in [-0.3, -0.25) is 14.9 Å². The van der Waals surface area contributed by atoms with Crippen LogP contribution in [-0.4, -0.2) is 54.5 Å². The van der Waals surface area contributed by atoms with Crippen molar-refractivity contribution < 1.29 is 14.4 Å². The Kier molecular flexibility index (Phi) is 5.00. The van der Waals surface area contributed by atoms with E-state index in [-0.39, 0.29) is 12.3 Å². The fraction of sp³-hybridized carbons (Fsp3) is 0.571. The lowest BCUT2D eigenvalue weighted by Gasteiger charge is -2.34. The third-order valence-electron chi connectivity index (χ3n) is 6.31. The molecular formula is C21H28N4O3. The number of piperidine rings is 1. The Labute approximate surface area is 165 Å². The minimum absolute atomic E-state index is 0.000226. The van der Waals surface area contributed by atoms with Crippen molar-refractivity contribution in [2.75, 3.05) is 31.1 Å². The van der Waals surface area contributed by atoms with E-state index in [4.69, 9.17) is 0 Å². The molecule has 3 aliphatic heterocycles. The van der Waals surface area contributed by atoms with Gasteiger partial charge in [0, 0.05) is 31.9 Å². The SMILES string of the molecule is CC1(CC(=O)N2CCC(c3ccc(N4CCCC4)cc3)CC2)NC(=O)NC1=O. The number of carbonyl (C=O) groups is 3. The van der Waals surface area contributed by atoms with Crippen LogP contribution in [0, 0.1) is 0 Å². The van der Waals surface area contributed by atoms with Gasteiger partial charge in [-0.25, -0.2) is 4.79 Å². The predicted octanol–water partition coefficient (Wildman–Crippen LogP) is 1.98. The molecule has 3 aliphatic rings. The number of nitrogens with zero attached hydrogens (tertiary/aromatic N) is 2. The van der Waals surface area contributed by atoms with Crippen LogP contribution in [-0.2, 0) is 9.59 Å². The van der Waals surface area contributed by atoms with E-state index in [0.29, 0.717) is 19.0 Å². The first kappa shape index (κ1) is 18.8. The van der Waals surface area contributed by atoms with Crippen LogP contribution in [0.15, 0.2) is 24.3 Å². The Morgan fingerprint density at radius 2 is 1.71 bits per heavy atom. The molecule has 7 nitrogen and oxygen atoms in total. The number of imide groups is 1. The highest BCUT2D eigenvalue weighted by atomic mass is 16.2. The molecule has 3 heterocycles. The summed E-state index contributed by atoms with van der Waals surface area (Å²) in [5.74, 6) is -0.0525.